The molecule has 1 aromatic rings. The van der Waals surface area contributed by atoms with Crippen molar-refractivity contribution in [2.24, 2.45) is 0 Å². The number of benzene rings is 1. The Labute approximate surface area is 110 Å². The number of alkyl halides is 3. The van der Waals surface area contributed by atoms with E-state index in [0.717, 1.165) is 5.56 Å². The molecule has 0 unspecified atom stereocenters. The highest BCUT2D eigenvalue weighted by atomic mass is 19.4. The van der Waals surface area contributed by atoms with Gasteiger partial charge in [-0.1, -0.05) is 38.1 Å². The molecule has 0 bridgehead atoms. The summed E-state index contributed by atoms with van der Waals surface area (Å²) in [6, 6.07) is 7.10. The van der Waals surface area contributed by atoms with Gasteiger partial charge in [0.15, 0.2) is 5.78 Å². The molecule has 0 fully saturated rings. The topological polar surface area (TPSA) is 26.3 Å². The Balaban J connectivity index is 2.41. The molecule has 0 radical (unpaired) electrons. The zero-order valence-corrected chi connectivity index (χ0v) is 11.0. The lowest BCUT2D eigenvalue weighted by molar-refractivity contribution is -0.173. The van der Waals surface area contributed by atoms with Crippen molar-refractivity contribution in [2.45, 2.75) is 32.4 Å². The van der Waals surface area contributed by atoms with Crippen molar-refractivity contribution in [1.29, 1.82) is 0 Å². The van der Waals surface area contributed by atoms with Gasteiger partial charge in [-0.25, -0.2) is 0 Å². The fraction of sp³-hybridized carbons (Fsp3) is 0.500. The second-order valence-corrected chi connectivity index (χ2v) is 4.62. The molecule has 1 rings (SSSR count). The Morgan fingerprint density at radius 3 is 2.26 bits per heavy atom. The molecule has 0 atom stereocenters. The largest absolute Gasteiger partial charge is 0.411 e. The van der Waals surface area contributed by atoms with Gasteiger partial charge in [-0.05, 0) is 11.5 Å². The molecule has 0 saturated heterocycles. The van der Waals surface area contributed by atoms with Crippen molar-refractivity contribution in [3.05, 3.63) is 35.4 Å². The summed E-state index contributed by atoms with van der Waals surface area (Å²) in [5.41, 5.74) is 1.62. The third-order valence-electron chi connectivity index (χ3n) is 2.64. The van der Waals surface area contributed by atoms with Crippen LogP contribution < -0.4 is 0 Å². The summed E-state index contributed by atoms with van der Waals surface area (Å²) in [5.74, 6) is 0.164. The third-order valence-corrected chi connectivity index (χ3v) is 2.64. The Bertz CT molecular complexity index is 408. The van der Waals surface area contributed by atoms with Gasteiger partial charge in [0.1, 0.15) is 6.61 Å². The number of Topliss-reactive ketones (excluding diaryl/α,β-unsaturated/α-hetero) is 1. The van der Waals surface area contributed by atoms with Gasteiger partial charge in [-0.3, -0.25) is 4.79 Å². The first-order valence-electron chi connectivity index (χ1n) is 6.07. The molecule has 0 aromatic heterocycles. The number of hydrogen-bond donors (Lipinski definition) is 0. The van der Waals surface area contributed by atoms with Gasteiger partial charge < -0.3 is 4.74 Å². The second kappa shape index (κ2) is 6.70. The number of carbonyl (C=O) groups is 1. The van der Waals surface area contributed by atoms with Crippen LogP contribution in [0.4, 0.5) is 13.2 Å². The van der Waals surface area contributed by atoms with E-state index in [0.29, 0.717) is 11.5 Å². The maximum atomic E-state index is 11.8. The van der Waals surface area contributed by atoms with E-state index >= 15 is 0 Å². The summed E-state index contributed by atoms with van der Waals surface area (Å²) in [6.45, 7) is 2.56. The minimum Gasteiger partial charge on any atom is -0.372 e. The summed E-state index contributed by atoms with van der Waals surface area (Å²) in [4.78, 5) is 11.7. The van der Waals surface area contributed by atoms with Gasteiger partial charge in [-0.15, -0.1) is 0 Å². The van der Waals surface area contributed by atoms with E-state index in [-0.39, 0.29) is 18.8 Å². The Morgan fingerprint density at radius 2 is 1.79 bits per heavy atom. The van der Waals surface area contributed by atoms with Crippen LogP contribution in [0, 0.1) is 0 Å². The average molecular weight is 274 g/mol. The molecule has 0 aliphatic rings. The highest BCUT2D eigenvalue weighted by Gasteiger charge is 2.27. The molecule has 0 saturated carbocycles. The van der Waals surface area contributed by atoms with Crippen LogP contribution in [0.1, 0.15) is 42.1 Å². The van der Waals surface area contributed by atoms with E-state index in [1.54, 1.807) is 12.1 Å². The standard InChI is InChI=1S/C14H17F3O2/c1-10(2)11-3-5-12(6-4-11)13(18)7-8-19-9-14(15,16)17/h3-6,10H,7-9H2,1-2H3. The average Bonchev–Trinajstić information content (AvgIpc) is 2.33. The van der Waals surface area contributed by atoms with Crippen molar-refractivity contribution >= 4 is 5.78 Å². The van der Waals surface area contributed by atoms with E-state index in [1.807, 2.05) is 26.0 Å². The van der Waals surface area contributed by atoms with Crippen molar-refractivity contribution in [2.75, 3.05) is 13.2 Å². The van der Waals surface area contributed by atoms with E-state index in [4.69, 9.17) is 0 Å². The van der Waals surface area contributed by atoms with Crippen molar-refractivity contribution in [3.8, 4) is 0 Å². The normalized spacial score (nSPS) is 11.9. The smallest absolute Gasteiger partial charge is 0.372 e. The summed E-state index contributed by atoms with van der Waals surface area (Å²) in [6.07, 6.45) is -4.39. The number of hydrogen-bond acceptors (Lipinski definition) is 2. The first kappa shape index (κ1) is 15.7. The predicted octanol–water partition coefficient (Wildman–Crippen LogP) is 3.96. The highest BCUT2D eigenvalue weighted by molar-refractivity contribution is 5.96. The monoisotopic (exact) mass is 274 g/mol. The molecule has 0 aliphatic carbocycles. The van der Waals surface area contributed by atoms with Crippen LogP contribution in [0.3, 0.4) is 0 Å². The Hall–Kier alpha value is -1.36. The number of ether oxygens (including phenoxy) is 1. The molecule has 106 valence electrons. The lowest BCUT2D eigenvalue weighted by Gasteiger charge is -2.08. The summed E-state index contributed by atoms with van der Waals surface area (Å²) >= 11 is 0. The second-order valence-electron chi connectivity index (χ2n) is 4.62. The third kappa shape index (κ3) is 5.87. The molecule has 0 N–H and O–H groups in total. The SMILES string of the molecule is CC(C)c1ccc(C(=O)CCOCC(F)(F)F)cc1. The Morgan fingerprint density at radius 1 is 1.21 bits per heavy atom. The van der Waals surface area contributed by atoms with E-state index in [2.05, 4.69) is 4.74 Å². The number of carbonyl (C=O) groups excluding carboxylic acids is 1. The number of ketones is 1. The summed E-state index contributed by atoms with van der Waals surface area (Å²) < 4.78 is 39.8. The van der Waals surface area contributed by atoms with Crippen molar-refractivity contribution < 1.29 is 22.7 Å². The van der Waals surface area contributed by atoms with Crippen LogP contribution >= 0.6 is 0 Å². The van der Waals surface area contributed by atoms with Crippen LogP contribution in [0.15, 0.2) is 24.3 Å². The Kier molecular flexibility index (Phi) is 5.54. The van der Waals surface area contributed by atoms with Crippen LogP contribution in [-0.4, -0.2) is 25.2 Å². The zero-order valence-electron chi connectivity index (χ0n) is 11.0. The minimum atomic E-state index is -4.35. The van der Waals surface area contributed by atoms with Gasteiger partial charge in [0, 0.05) is 12.0 Å². The lowest BCUT2D eigenvalue weighted by Crippen LogP contribution is -2.18. The highest BCUT2D eigenvalue weighted by Crippen LogP contribution is 2.16. The lowest BCUT2D eigenvalue weighted by atomic mass is 10.00. The molecule has 5 heteroatoms. The first-order valence-corrected chi connectivity index (χ1v) is 6.07. The molecule has 0 spiro atoms. The van der Waals surface area contributed by atoms with Gasteiger partial charge in [-0.2, -0.15) is 13.2 Å². The molecular weight excluding hydrogens is 257 g/mol. The van der Waals surface area contributed by atoms with Crippen molar-refractivity contribution in [1.82, 2.24) is 0 Å². The molecule has 19 heavy (non-hydrogen) atoms. The maximum absolute atomic E-state index is 11.8. The van der Waals surface area contributed by atoms with Crippen LogP contribution in [-0.2, 0) is 4.74 Å². The number of halogens is 3. The molecule has 2 nitrogen and oxygen atoms in total. The van der Waals surface area contributed by atoms with Crippen LogP contribution in [0.25, 0.3) is 0 Å². The molecular formula is C14H17F3O2. The van der Waals surface area contributed by atoms with E-state index in [9.17, 15) is 18.0 Å². The van der Waals surface area contributed by atoms with E-state index < -0.39 is 12.8 Å². The fourth-order valence-electron chi connectivity index (χ4n) is 1.55. The van der Waals surface area contributed by atoms with Gasteiger partial charge in [0.25, 0.3) is 0 Å². The van der Waals surface area contributed by atoms with E-state index in [1.165, 1.54) is 0 Å². The zero-order chi connectivity index (χ0) is 14.5. The quantitative estimate of drug-likeness (QED) is 0.579. The fourth-order valence-corrected chi connectivity index (χ4v) is 1.55. The maximum Gasteiger partial charge on any atom is 0.411 e. The predicted molar refractivity (Wildman–Crippen MR) is 66.4 cm³/mol. The van der Waals surface area contributed by atoms with Crippen LogP contribution in [0.5, 0.6) is 0 Å². The van der Waals surface area contributed by atoms with Gasteiger partial charge in [0.2, 0.25) is 0 Å². The summed E-state index contributed by atoms with van der Waals surface area (Å²) in [5, 5.41) is 0. The van der Waals surface area contributed by atoms with Gasteiger partial charge in [0.05, 0.1) is 6.61 Å². The molecule has 0 heterocycles. The molecule has 1 aromatic carbocycles. The van der Waals surface area contributed by atoms with Gasteiger partial charge >= 0.3 is 6.18 Å². The summed E-state index contributed by atoms with van der Waals surface area (Å²) in [7, 11) is 0. The molecule has 0 amide bonds. The first-order chi connectivity index (χ1) is 8.79. The number of rotatable bonds is 6. The van der Waals surface area contributed by atoms with Crippen LogP contribution in [0.2, 0.25) is 0 Å². The van der Waals surface area contributed by atoms with Crippen molar-refractivity contribution in [3.63, 3.8) is 0 Å². The molecule has 0 aliphatic heterocycles. The minimum absolute atomic E-state index is 0.0445.